The van der Waals surface area contributed by atoms with Gasteiger partial charge in [0.2, 0.25) is 0 Å². The number of nitrogens with zero attached hydrogens (tertiary/aromatic N) is 2. The van der Waals surface area contributed by atoms with Gasteiger partial charge in [-0.1, -0.05) is 23.7 Å². The fourth-order valence-electron chi connectivity index (χ4n) is 4.57. The quantitative estimate of drug-likeness (QED) is 0.640. The number of hydrogen-bond acceptors (Lipinski definition) is 2. The van der Waals surface area contributed by atoms with Crippen LogP contribution in [0.4, 0.5) is 14.5 Å². The normalized spacial score (nSPS) is 18.1. The zero-order chi connectivity index (χ0) is 20.6. The van der Waals surface area contributed by atoms with Gasteiger partial charge in [-0.05, 0) is 68.2 Å². The van der Waals surface area contributed by atoms with Gasteiger partial charge >= 0.3 is 0 Å². The maximum absolute atomic E-state index is 14.3. The first kappa shape index (κ1) is 20.0. The molecule has 0 aliphatic carbocycles. The second kappa shape index (κ2) is 7.88. The molecule has 0 bridgehead atoms. The van der Waals surface area contributed by atoms with Crippen LogP contribution in [0.1, 0.15) is 35.2 Å². The number of amides is 1. The van der Waals surface area contributed by atoms with Gasteiger partial charge in [0.25, 0.3) is 5.91 Å². The molecule has 0 aromatic heterocycles. The van der Waals surface area contributed by atoms with Crippen LogP contribution in [-0.2, 0) is 5.41 Å². The van der Waals surface area contributed by atoms with Crippen LogP contribution < -0.4 is 4.90 Å². The Morgan fingerprint density at radius 3 is 2.52 bits per heavy atom. The van der Waals surface area contributed by atoms with Crippen molar-refractivity contribution in [1.29, 1.82) is 0 Å². The van der Waals surface area contributed by atoms with E-state index in [1.807, 2.05) is 12.1 Å². The van der Waals surface area contributed by atoms with Crippen molar-refractivity contribution >= 4 is 23.2 Å². The second-order valence-electron chi connectivity index (χ2n) is 7.85. The molecule has 1 amide bonds. The van der Waals surface area contributed by atoms with Crippen molar-refractivity contribution in [2.24, 2.45) is 0 Å². The van der Waals surface area contributed by atoms with Crippen LogP contribution in [0.3, 0.4) is 0 Å². The average Bonchev–Trinajstić information content (AvgIpc) is 3.01. The van der Waals surface area contributed by atoms with Crippen LogP contribution in [0, 0.1) is 11.6 Å². The third-order valence-electron chi connectivity index (χ3n) is 6.17. The predicted molar refractivity (Wildman–Crippen MR) is 112 cm³/mol. The molecular weight excluding hydrogens is 394 g/mol. The summed E-state index contributed by atoms with van der Waals surface area (Å²) in [6.45, 7) is 6.95. The molecule has 2 aliphatic rings. The highest BCUT2D eigenvalue weighted by atomic mass is 35.5. The Bertz CT molecular complexity index is 934. The Balaban J connectivity index is 1.67. The van der Waals surface area contributed by atoms with Crippen molar-refractivity contribution in [2.45, 2.75) is 24.7 Å². The summed E-state index contributed by atoms with van der Waals surface area (Å²) in [5, 5.41) is 0.601. The van der Waals surface area contributed by atoms with Crippen LogP contribution in [0.15, 0.2) is 49.1 Å². The maximum Gasteiger partial charge on any atom is 0.264 e. The third kappa shape index (κ3) is 3.58. The van der Waals surface area contributed by atoms with E-state index in [4.69, 9.17) is 11.6 Å². The highest BCUT2D eigenvalue weighted by molar-refractivity contribution is 6.30. The molecule has 0 unspecified atom stereocenters. The molecule has 1 fully saturated rings. The third-order valence-corrected chi connectivity index (χ3v) is 6.40. The van der Waals surface area contributed by atoms with Crippen molar-refractivity contribution in [2.75, 3.05) is 31.1 Å². The first-order chi connectivity index (χ1) is 13.9. The minimum absolute atomic E-state index is 0.248. The lowest BCUT2D eigenvalue weighted by molar-refractivity contribution is 0.0968. The van der Waals surface area contributed by atoms with Crippen molar-refractivity contribution in [3.05, 3.63) is 76.8 Å². The zero-order valence-electron chi connectivity index (χ0n) is 16.1. The summed E-state index contributed by atoms with van der Waals surface area (Å²) in [4.78, 5) is 17.1. The summed E-state index contributed by atoms with van der Waals surface area (Å²) in [5.41, 5.74) is 0.941. The van der Waals surface area contributed by atoms with E-state index in [0.717, 1.165) is 56.6 Å². The fraction of sp³-hybridized carbons (Fsp3) is 0.348. The first-order valence-electron chi connectivity index (χ1n) is 9.84. The Morgan fingerprint density at radius 2 is 1.86 bits per heavy atom. The van der Waals surface area contributed by atoms with E-state index < -0.39 is 23.1 Å². The summed E-state index contributed by atoms with van der Waals surface area (Å²) in [7, 11) is 0. The number of hydrogen-bond donors (Lipinski definition) is 0. The summed E-state index contributed by atoms with van der Waals surface area (Å²) >= 11 is 6.27. The minimum Gasteiger partial charge on any atom is -0.307 e. The smallest absolute Gasteiger partial charge is 0.264 e. The Labute approximate surface area is 174 Å². The number of benzene rings is 2. The largest absolute Gasteiger partial charge is 0.307 e. The molecule has 0 radical (unpaired) electrons. The van der Waals surface area contributed by atoms with Gasteiger partial charge in [0.15, 0.2) is 0 Å². The molecule has 6 heteroatoms. The van der Waals surface area contributed by atoms with Gasteiger partial charge in [0.05, 0.1) is 0 Å². The topological polar surface area (TPSA) is 23.6 Å². The van der Waals surface area contributed by atoms with Gasteiger partial charge in [0, 0.05) is 29.2 Å². The molecule has 1 saturated heterocycles. The Morgan fingerprint density at radius 1 is 1.17 bits per heavy atom. The number of carbonyl (C=O) groups excluding carboxylic acids is 1. The number of likely N-dealkylation sites (tertiary alicyclic amines) is 1. The summed E-state index contributed by atoms with van der Waals surface area (Å²) in [6, 6.07) is 8.90. The lowest BCUT2D eigenvalue weighted by atomic mass is 9.74. The molecule has 0 N–H and O–H groups in total. The predicted octanol–water partition coefficient (Wildman–Crippen LogP) is 5.19. The number of fused-ring (bicyclic) bond motifs is 2. The molecule has 2 aromatic carbocycles. The molecular formula is C23H23ClF2N2O. The van der Waals surface area contributed by atoms with Gasteiger partial charge in [0.1, 0.15) is 17.2 Å². The van der Waals surface area contributed by atoms with Gasteiger partial charge in [-0.15, -0.1) is 6.58 Å². The molecule has 2 aromatic rings. The van der Waals surface area contributed by atoms with Crippen LogP contribution in [0.5, 0.6) is 0 Å². The summed E-state index contributed by atoms with van der Waals surface area (Å²) in [6.07, 6.45) is 4.58. The number of carbonyl (C=O) groups is 1. The SMILES string of the molecule is C=CCCN1CCC2(CC1)CN(C(=O)c1c(F)cccc1F)c1ccc(Cl)cc12. The molecule has 0 saturated carbocycles. The van der Waals surface area contributed by atoms with E-state index in [-0.39, 0.29) is 5.41 Å². The number of rotatable bonds is 4. The highest BCUT2D eigenvalue weighted by Gasteiger charge is 2.47. The molecule has 152 valence electrons. The van der Waals surface area contributed by atoms with Crippen LogP contribution in [-0.4, -0.2) is 37.0 Å². The van der Waals surface area contributed by atoms with E-state index in [2.05, 4.69) is 11.5 Å². The van der Waals surface area contributed by atoms with Crippen LogP contribution in [0.25, 0.3) is 0 Å². The Hall–Kier alpha value is -2.24. The first-order valence-corrected chi connectivity index (χ1v) is 10.2. The Kier molecular flexibility index (Phi) is 5.45. The van der Waals surface area contributed by atoms with Crippen molar-refractivity contribution in [3.8, 4) is 0 Å². The lowest BCUT2D eigenvalue weighted by Crippen LogP contribution is -2.46. The molecule has 1 spiro atoms. The molecule has 2 heterocycles. The maximum atomic E-state index is 14.3. The number of halogens is 3. The van der Waals surface area contributed by atoms with Crippen molar-refractivity contribution in [3.63, 3.8) is 0 Å². The van der Waals surface area contributed by atoms with E-state index in [0.29, 0.717) is 17.3 Å². The van der Waals surface area contributed by atoms with Crippen molar-refractivity contribution < 1.29 is 13.6 Å². The average molecular weight is 417 g/mol. The van der Waals surface area contributed by atoms with Crippen LogP contribution in [0.2, 0.25) is 5.02 Å². The van der Waals surface area contributed by atoms with Gasteiger partial charge in [-0.25, -0.2) is 8.78 Å². The number of piperidine rings is 1. The molecule has 3 nitrogen and oxygen atoms in total. The van der Waals surface area contributed by atoms with E-state index in [9.17, 15) is 13.6 Å². The van der Waals surface area contributed by atoms with E-state index in [1.165, 1.54) is 11.0 Å². The number of anilines is 1. The summed E-state index contributed by atoms with van der Waals surface area (Å²) < 4.78 is 28.5. The molecule has 2 aliphatic heterocycles. The summed E-state index contributed by atoms with van der Waals surface area (Å²) in [5.74, 6) is -2.33. The van der Waals surface area contributed by atoms with Gasteiger partial charge in [-0.3, -0.25) is 4.79 Å². The van der Waals surface area contributed by atoms with Gasteiger partial charge < -0.3 is 9.80 Å². The minimum atomic E-state index is -0.842. The highest BCUT2D eigenvalue weighted by Crippen LogP contribution is 2.48. The lowest BCUT2D eigenvalue weighted by Gasteiger charge is -2.39. The van der Waals surface area contributed by atoms with E-state index >= 15 is 0 Å². The standard InChI is InChI=1S/C23H23ClF2N2O/c1-2-3-11-27-12-9-23(10-13-27)15-28(20-8-7-16(24)14-17(20)23)22(29)21-18(25)5-4-6-19(21)26/h2,4-8,14H,1,3,9-13,15H2. The monoisotopic (exact) mass is 416 g/mol. The van der Waals surface area contributed by atoms with Gasteiger partial charge in [-0.2, -0.15) is 0 Å². The molecule has 29 heavy (non-hydrogen) atoms. The molecule has 4 rings (SSSR count). The zero-order valence-corrected chi connectivity index (χ0v) is 16.9. The van der Waals surface area contributed by atoms with Crippen LogP contribution >= 0.6 is 11.6 Å². The molecule has 0 atom stereocenters. The van der Waals surface area contributed by atoms with Crippen molar-refractivity contribution in [1.82, 2.24) is 4.90 Å². The fourth-order valence-corrected chi connectivity index (χ4v) is 4.74. The second-order valence-corrected chi connectivity index (χ2v) is 8.29. The van der Waals surface area contributed by atoms with E-state index in [1.54, 1.807) is 12.1 Å².